The summed E-state index contributed by atoms with van der Waals surface area (Å²) in [6, 6.07) is 9.82. The van der Waals surface area contributed by atoms with E-state index in [1.807, 2.05) is 43.5 Å². The normalized spacial score (nSPS) is 13.6. The molecule has 0 radical (unpaired) electrons. The molecule has 1 aromatic heterocycles. The molecule has 10 heteroatoms. The second-order valence-electron chi connectivity index (χ2n) is 7.78. The summed E-state index contributed by atoms with van der Waals surface area (Å²) < 4.78 is 39.0. The summed E-state index contributed by atoms with van der Waals surface area (Å²) in [5.41, 5.74) is 2.48. The number of benzene rings is 2. The zero-order valence-electron chi connectivity index (χ0n) is 18.3. The maximum absolute atomic E-state index is 13.0. The Labute approximate surface area is 193 Å². The number of alkyl halides is 3. The maximum atomic E-state index is 13.0. The number of aromatic nitrogens is 2. The van der Waals surface area contributed by atoms with E-state index in [1.165, 1.54) is 23.9 Å². The van der Waals surface area contributed by atoms with Crippen LogP contribution in [0.5, 0.6) is 0 Å². The number of nitrogens with zero attached hydrogens (tertiary/aromatic N) is 4. The SMILES string of the molecule is CSc1ncc2c(n1)N(C)CN(c1cc(NC(=O)c3cccc(C(F)(F)F)c3)ccc1C)C2. The zero-order chi connectivity index (χ0) is 23.8. The van der Waals surface area contributed by atoms with Crippen molar-refractivity contribution in [3.8, 4) is 0 Å². The number of rotatable bonds is 4. The van der Waals surface area contributed by atoms with E-state index in [9.17, 15) is 18.0 Å². The van der Waals surface area contributed by atoms with Gasteiger partial charge < -0.3 is 15.1 Å². The third-order valence-electron chi connectivity index (χ3n) is 5.37. The first-order chi connectivity index (χ1) is 15.7. The number of anilines is 3. The first-order valence-electron chi connectivity index (χ1n) is 10.1. The predicted molar refractivity (Wildman–Crippen MR) is 124 cm³/mol. The quantitative estimate of drug-likeness (QED) is 0.416. The summed E-state index contributed by atoms with van der Waals surface area (Å²) in [7, 11) is 1.96. The monoisotopic (exact) mass is 473 g/mol. The summed E-state index contributed by atoms with van der Waals surface area (Å²) in [6.07, 6.45) is -0.755. The summed E-state index contributed by atoms with van der Waals surface area (Å²) in [5.74, 6) is 0.285. The topological polar surface area (TPSA) is 61.4 Å². The van der Waals surface area contributed by atoms with Crippen molar-refractivity contribution in [2.75, 3.05) is 35.1 Å². The van der Waals surface area contributed by atoms with E-state index in [-0.39, 0.29) is 5.56 Å². The van der Waals surface area contributed by atoms with Gasteiger partial charge >= 0.3 is 6.18 Å². The minimum absolute atomic E-state index is 0.0552. The Morgan fingerprint density at radius 1 is 1.18 bits per heavy atom. The van der Waals surface area contributed by atoms with Gasteiger partial charge in [-0.3, -0.25) is 4.79 Å². The Morgan fingerprint density at radius 3 is 2.70 bits per heavy atom. The molecule has 0 saturated carbocycles. The van der Waals surface area contributed by atoms with Crippen molar-refractivity contribution in [2.24, 2.45) is 0 Å². The lowest BCUT2D eigenvalue weighted by Gasteiger charge is -2.37. The Balaban J connectivity index is 1.57. The van der Waals surface area contributed by atoms with Gasteiger partial charge in [-0.25, -0.2) is 9.97 Å². The summed E-state index contributed by atoms with van der Waals surface area (Å²) in [5, 5.41) is 3.43. The molecule has 172 valence electrons. The highest BCUT2D eigenvalue weighted by atomic mass is 32.2. The van der Waals surface area contributed by atoms with E-state index in [2.05, 4.69) is 20.2 Å². The van der Waals surface area contributed by atoms with Crippen LogP contribution >= 0.6 is 11.8 Å². The minimum atomic E-state index is -4.51. The summed E-state index contributed by atoms with van der Waals surface area (Å²) in [6.45, 7) is 3.15. The standard InChI is InChI=1S/C23H22F3N5OS/c1-14-7-8-18(28-21(32)15-5-4-6-17(9-15)23(24,25)26)10-19(14)31-12-16-11-27-22(33-3)29-20(16)30(2)13-31/h4-11H,12-13H2,1-3H3,(H,28,32). The van der Waals surface area contributed by atoms with Gasteiger partial charge in [-0.05, 0) is 49.1 Å². The Bertz CT molecular complexity index is 1200. The van der Waals surface area contributed by atoms with Crippen molar-refractivity contribution >= 4 is 34.9 Å². The number of aryl methyl sites for hydroxylation is 1. The van der Waals surface area contributed by atoms with E-state index in [4.69, 9.17) is 0 Å². The molecular formula is C23H22F3N5OS. The second-order valence-corrected chi connectivity index (χ2v) is 8.55. The maximum Gasteiger partial charge on any atom is 0.416 e. The van der Waals surface area contributed by atoms with Gasteiger partial charge in [0, 0.05) is 42.3 Å². The molecule has 33 heavy (non-hydrogen) atoms. The molecule has 1 amide bonds. The Morgan fingerprint density at radius 2 is 1.97 bits per heavy atom. The second kappa shape index (κ2) is 8.93. The molecule has 0 saturated heterocycles. The van der Waals surface area contributed by atoms with E-state index in [0.29, 0.717) is 24.1 Å². The zero-order valence-corrected chi connectivity index (χ0v) is 19.1. The van der Waals surface area contributed by atoms with Gasteiger partial charge in [-0.1, -0.05) is 23.9 Å². The molecule has 0 bridgehead atoms. The average molecular weight is 474 g/mol. The van der Waals surface area contributed by atoms with Crippen molar-refractivity contribution in [1.29, 1.82) is 0 Å². The molecule has 0 fully saturated rings. The average Bonchev–Trinajstić information content (AvgIpc) is 2.79. The molecule has 2 aromatic carbocycles. The third kappa shape index (κ3) is 4.90. The van der Waals surface area contributed by atoms with Crippen LogP contribution < -0.4 is 15.1 Å². The van der Waals surface area contributed by atoms with E-state index in [1.54, 1.807) is 6.07 Å². The molecule has 2 heterocycles. The van der Waals surface area contributed by atoms with Crippen LogP contribution in [0.4, 0.5) is 30.4 Å². The molecule has 0 atom stereocenters. The highest BCUT2D eigenvalue weighted by molar-refractivity contribution is 7.98. The molecule has 0 spiro atoms. The van der Waals surface area contributed by atoms with E-state index in [0.717, 1.165) is 34.8 Å². The van der Waals surface area contributed by atoms with Crippen molar-refractivity contribution in [3.05, 3.63) is 70.9 Å². The lowest BCUT2D eigenvalue weighted by molar-refractivity contribution is -0.137. The molecule has 4 rings (SSSR count). The summed E-state index contributed by atoms with van der Waals surface area (Å²) in [4.78, 5) is 25.8. The van der Waals surface area contributed by atoms with Crippen molar-refractivity contribution in [3.63, 3.8) is 0 Å². The van der Waals surface area contributed by atoms with Gasteiger partial charge in [0.1, 0.15) is 5.82 Å². The van der Waals surface area contributed by atoms with Gasteiger partial charge in [-0.2, -0.15) is 13.2 Å². The smallest absolute Gasteiger partial charge is 0.349 e. The lowest BCUT2D eigenvalue weighted by Crippen LogP contribution is -2.41. The molecular weight excluding hydrogens is 451 g/mol. The molecule has 0 aliphatic carbocycles. The number of fused-ring (bicyclic) bond motifs is 1. The van der Waals surface area contributed by atoms with Crippen LogP contribution in [-0.4, -0.2) is 35.8 Å². The van der Waals surface area contributed by atoms with Crippen molar-refractivity contribution < 1.29 is 18.0 Å². The van der Waals surface area contributed by atoms with Gasteiger partial charge in [-0.15, -0.1) is 0 Å². The van der Waals surface area contributed by atoms with E-state index < -0.39 is 17.6 Å². The first-order valence-corrected chi connectivity index (χ1v) is 11.3. The van der Waals surface area contributed by atoms with Crippen LogP contribution in [-0.2, 0) is 12.7 Å². The third-order valence-corrected chi connectivity index (χ3v) is 5.93. The van der Waals surface area contributed by atoms with Crippen LogP contribution in [0, 0.1) is 6.92 Å². The van der Waals surface area contributed by atoms with Gasteiger partial charge in [0.2, 0.25) is 0 Å². The fourth-order valence-electron chi connectivity index (χ4n) is 3.73. The predicted octanol–water partition coefficient (Wildman–Crippen LogP) is 5.19. The number of hydrogen-bond acceptors (Lipinski definition) is 6. The molecule has 0 unspecified atom stereocenters. The Kier molecular flexibility index (Phi) is 6.20. The molecule has 1 aliphatic rings. The largest absolute Gasteiger partial charge is 0.416 e. The minimum Gasteiger partial charge on any atom is -0.349 e. The first kappa shape index (κ1) is 22.9. The number of carbonyl (C=O) groups is 1. The number of carbonyl (C=O) groups excluding carboxylic acids is 1. The summed E-state index contributed by atoms with van der Waals surface area (Å²) >= 11 is 1.49. The fraction of sp³-hybridized carbons (Fsp3) is 0.261. The molecule has 3 aromatic rings. The number of nitrogens with one attached hydrogen (secondary N) is 1. The van der Waals surface area contributed by atoms with Crippen LogP contribution in [0.25, 0.3) is 0 Å². The van der Waals surface area contributed by atoms with E-state index >= 15 is 0 Å². The van der Waals surface area contributed by atoms with Gasteiger partial charge in [0.05, 0.1) is 12.2 Å². The van der Waals surface area contributed by atoms with Crippen molar-refractivity contribution in [2.45, 2.75) is 24.8 Å². The van der Waals surface area contributed by atoms with Crippen LogP contribution in [0.15, 0.2) is 53.8 Å². The Hall–Kier alpha value is -3.27. The number of thioether (sulfide) groups is 1. The van der Waals surface area contributed by atoms with Crippen LogP contribution in [0.3, 0.4) is 0 Å². The fourth-order valence-corrected chi connectivity index (χ4v) is 4.07. The van der Waals surface area contributed by atoms with Gasteiger partial charge in [0.25, 0.3) is 5.91 Å². The van der Waals surface area contributed by atoms with Crippen molar-refractivity contribution in [1.82, 2.24) is 9.97 Å². The highest BCUT2D eigenvalue weighted by Crippen LogP contribution is 2.33. The molecule has 1 aliphatic heterocycles. The lowest BCUT2D eigenvalue weighted by atomic mass is 10.1. The molecule has 6 nitrogen and oxygen atoms in total. The molecule has 1 N–H and O–H groups in total. The number of hydrogen-bond donors (Lipinski definition) is 1. The van der Waals surface area contributed by atoms with Gasteiger partial charge in [0.15, 0.2) is 5.16 Å². The highest BCUT2D eigenvalue weighted by Gasteiger charge is 2.31. The van der Waals surface area contributed by atoms with Crippen LogP contribution in [0.1, 0.15) is 27.0 Å². The number of halogens is 3. The number of amides is 1. The van der Waals surface area contributed by atoms with Crippen LogP contribution in [0.2, 0.25) is 0 Å².